The van der Waals surface area contributed by atoms with E-state index in [0.717, 1.165) is 12.1 Å². The predicted molar refractivity (Wildman–Crippen MR) is 49.0 cm³/mol. The van der Waals surface area contributed by atoms with Crippen molar-refractivity contribution < 1.29 is 21.6 Å². The number of hydrogen-bond acceptors (Lipinski definition) is 3. The van der Waals surface area contributed by atoms with Crippen LogP contribution in [0.3, 0.4) is 0 Å². The summed E-state index contributed by atoms with van der Waals surface area (Å²) in [6.45, 7) is 0. The fraction of sp³-hybridized carbons (Fsp3) is 0.250. The van der Waals surface area contributed by atoms with E-state index in [1.807, 2.05) is 0 Å². The molecule has 0 unspecified atom stereocenters. The van der Waals surface area contributed by atoms with Crippen molar-refractivity contribution in [2.24, 2.45) is 0 Å². The third-order valence-corrected chi connectivity index (χ3v) is 2.85. The average molecular weight is 239 g/mol. The molecule has 0 heterocycles. The summed E-state index contributed by atoms with van der Waals surface area (Å²) in [6.07, 6.45) is -4.00. The number of nitrogen functional groups attached to an aromatic ring is 1. The molecule has 1 aromatic rings. The summed E-state index contributed by atoms with van der Waals surface area (Å²) < 4.78 is 59.4. The predicted octanol–water partition coefficient (Wildman–Crippen LogP) is 1.69. The molecular formula is C8H8F3NO2S. The molecule has 0 amide bonds. The van der Waals surface area contributed by atoms with Gasteiger partial charge in [0.2, 0.25) is 0 Å². The highest BCUT2D eigenvalue weighted by Crippen LogP contribution is 2.34. The summed E-state index contributed by atoms with van der Waals surface area (Å²) in [5, 5.41) is 0. The number of alkyl halides is 3. The van der Waals surface area contributed by atoms with Crippen LogP contribution in [0.15, 0.2) is 23.1 Å². The van der Waals surface area contributed by atoms with E-state index < -0.39 is 26.5 Å². The SMILES string of the molecule is CS(=O)(=O)c1cc(N)ccc1C(F)(F)F. The van der Waals surface area contributed by atoms with Gasteiger partial charge in [-0.05, 0) is 18.2 Å². The number of rotatable bonds is 1. The molecule has 0 fully saturated rings. The van der Waals surface area contributed by atoms with Gasteiger partial charge in [0.25, 0.3) is 0 Å². The molecule has 0 radical (unpaired) electrons. The minimum atomic E-state index is -4.70. The highest BCUT2D eigenvalue weighted by Gasteiger charge is 2.35. The number of halogens is 3. The third-order valence-electron chi connectivity index (χ3n) is 1.71. The minimum absolute atomic E-state index is 0.0246. The fourth-order valence-corrected chi connectivity index (χ4v) is 2.01. The van der Waals surface area contributed by atoms with Gasteiger partial charge in [-0.15, -0.1) is 0 Å². The summed E-state index contributed by atoms with van der Waals surface area (Å²) in [7, 11) is -3.94. The Kier molecular flexibility index (Phi) is 2.69. The first-order valence-corrected chi connectivity index (χ1v) is 5.68. The van der Waals surface area contributed by atoms with Gasteiger partial charge in [0.05, 0.1) is 10.5 Å². The van der Waals surface area contributed by atoms with Crippen molar-refractivity contribution in [3.8, 4) is 0 Å². The van der Waals surface area contributed by atoms with Crippen LogP contribution in [-0.4, -0.2) is 14.7 Å². The topological polar surface area (TPSA) is 60.2 Å². The van der Waals surface area contributed by atoms with E-state index in [-0.39, 0.29) is 5.69 Å². The zero-order valence-corrected chi connectivity index (χ0v) is 8.48. The molecule has 1 aromatic carbocycles. The normalized spacial score (nSPS) is 12.8. The minimum Gasteiger partial charge on any atom is -0.399 e. The zero-order chi connectivity index (χ0) is 11.9. The Balaban J connectivity index is 3.55. The third kappa shape index (κ3) is 2.62. The molecule has 0 aliphatic carbocycles. The van der Waals surface area contributed by atoms with Crippen molar-refractivity contribution >= 4 is 15.5 Å². The van der Waals surface area contributed by atoms with Crippen LogP contribution in [0, 0.1) is 0 Å². The Hall–Kier alpha value is -1.24. The molecular weight excluding hydrogens is 231 g/mol. The first-order valence-electron chi connectivity index (χ1n) is 3.79. The summed E-state index contributed by atoms with van der Waals surface area (Å²) in [5.74, 6) is 0. The molecule has 15 heavy (non-hydrogen) atoms. The lowest BCUT2D eigenvalue weighted by Gasteiger charge is -2.11. The number of nitrogens with two attached hydrogens (primary N) is 1. The number of benzene rings is 1. The highest BCUT2D eigenvalue weighted by molar-refractivity contribution is 7.90. The Morgan fingerprint density at radius 2 is 1.80 bits per heavy atom. The maximum Gasteiger partial charge on any atom is 0.417 e. The van der Waals surface area contributed by atoms with E-state index in [2.05, 4.69) is 0 Å². The van der Waals surface area contributed by atoms with Crippen LogP contribution in [0.2, 0.25) is 0 Å². The van der Waals surface area contributed by atoms with Crippen molar-refractivity contribution in [1.82, 2.24) is 0 Å². The second-order valence-corrected chi connectivity index (χ2v) is 5.01. The van der Waals surface area contributed by atoms with Crippen LogP contribution in [-0.2, 0) is 16.0 Å². The first-order chi connectivity index (χ1) is 6.62. The number of hydrogen-bond donors (Lipinski definition) is 1. The molecule has 2 N–H and O–H groups in total. The van der Waals surface area contributed by atoms with Crippen molar-refractivity contribution in [3.63, 3.8) is 0 Å². The van der Waals surface area contributed by atoms with Crippen molar-refractivity contribution in [2.75, 3.05) is 12.0 Å². The van der Waals surface area contributed by atoms with Crippen LogP contribution < -0.4 is 5.73 Å². The van der Waals surface area contributed by atoms with Gasteiger partial charge in [-0.2, -0.15) is 13.2 Å². The van der Waals surface area contributed by atoms with Gasteiger partial charge in [0.1, 0.15) is 0 Å². The number of sulfone groups is 1. The molecule has 0 saturated carbocycles. The molecule has 3 nitrogen and oxygen atoms in total. The maximum absolute atomic E-state index is 12.4. The van der Waals surface area contributed by atoms with Crippen LogP contribution in [0.1, 0.15) is 5.56 Å². The second kappa shape index (κ2) is 3.41. The Bertz CT molecular complexity index is 479. The van der Waals surface area contributed by atoms with Crippen molar-refractivity contribution in [3.05, 3.63) is 23.8 Å². The van der Waals surface area contributed by atoms with Gasteiger partial charge < -0.3 is 5.73 Å². The van der Waals surface area contributed by atoms with Gasteiger partial charge in [-0.1, -0.05) is 0 Å². The lowest BCUT2D eigenvalue weighted by atomic mass is 10.2. The van der Waals surface area contributed by atoms with E-state index in [9.17, 15) is 21.6 Å². The molecule has 0 atom stereocenters. The van der Waals surface area contributed by atoms with Gasteiger partial charge in [-0.3, -0.25) is 0 Å². The van der Waals surface area contributed by atoms with E-state index >= 15 is 0 Å². The van der Waals surface area contributed by atoms with E-state index in [4.69, 9.17) is 5.73 Å². The monoisotopic (exact) mass is 239 g/mol. The summed E-state index contributed by atoms with van der Waals surface area (Å²) in [5.41, 5.74) is 4.02. The largest absolute Gasteiger partial charge is 0.417 e. The van der Waals surface area contributed by atoms with Gasteiger partial charge in [-0.25, -0.2) is 8.42 Å². The van der Waals surface area contributed by atoms with Crippen LogP contribution in [0.4, 0.5) is 18.9 Å². The summed E-state index contributed by atoms with van der Waals surface area (Å²) in [4.78, 5) is -0.796. The molecule has 0 aromatic heterocycles. The molecule has 0 aliphatic rings. The summed E-state index contributed by atoms with van der Waals surface area (Å²) >= 11 is 0. The Labute approximate surface area is 84.6 Å². The molecule has 7 heteroatoms. The van der Waals surface area contributed by atoms with Crippen LogP contribution >= 0.6 is 0 Å². The van der Waals surface area contributed by atoms with Crippen LogP contribution in [0.5, 0.6) is 0 Å². The Morgan fingerprint density at radius 1 is 1.27 bits per heavy atom. The van der Waals surface area contributed by atoms with E-state index in [1.165, 1.54) is 0 Å². The van der Waals surface area contributed by atoms with Gasteiger partial charge >= 0.3 is 6.18 Å². The quantitative estimate of drug-likeness (QED) is 0.758. The van der Waals surface area contributed by atoms with Gasteiger partial charge in [0.15, 0.2) is 9.84 Å². The highest BCUT2D eigenvalue weighted by atomic mass is 32.2. The molecule has 84 valence electrons. The lowest BCUT2D eigenvalue weighted by molar-refractivity contribution is -0.139. The molecule has 0 saturated heterocycles. The van der Waals surface area contributed by atoms with E-state index in [1.54, 1.807) is 0 Å². The van der Waals surface area contributed by atoms with E-state index in [0.29, 0.717) is 12.3 Å². The molecule has 0 aliphatic heterocycles. The lowest BCUT2D eigenvalue weighted by Crippen LogP contribution is -2.12. The van der Waals surface area contributed by atoms with Gasteiger partial charge in [0, 0.05) is 11.9 Å². The van der Waals surface area contributed by atoms with Crippen molar-refractivity contribution in [2.45, 2.75) is 11.1 Å². The van der Waals surface area contributed by atoms with Crippen LogP contribution in [0.25, 0.3) is 0 Å². The first kappa shape index (κ1) is 11.8. The fourth-order valence-electron chi connectivity index (χ4n) is 1.08. The summed E-state index contributed by atoms with van der Waals surface area (Å²) in [6, 6.07) is 2.47. The maximum atomic E-state index is 12.4. The molecule has 0 spiro atoms. The Morgan fingerprint density at radius 3 is 2.20 bits per heavy atom. The van der Waals surface area contributed by atoms with Crippen molar-refractivity contribution in [1.29, 1.82) is 0 Å². The number of anilines is 1. The zero-order valence-electron chi connectivity index (χ0n) is 7.67. The smallest absolute Gasteiger partial charge is 0.399 e. The molecule has 0 bridgehead atoms. The molecule has 1 rings (SSSR count). The standard InChI is InChI=1S/C8H8F3NO2S/c1-15(13,14)7-4-5(12)2-3-6(7)8(9,10)11/h2-4H,12H2,1H3. The second-order valence-electron chi connectivity index (χ2n) is 3.03. The average Bonchev–Trinajstić information content (AvgIpc) is 2.00.